The van der Waals surface area contributed by atoms with Gasteiger partial charge in [-0.05, 0) is 79.2 Å². The molecule has 2 fully saturated rings. The lowest BCUT2D eigenvalue weighted by Crippen LogP contribution is -2.62. The number of esters is 1. The van der Waals surface area contributed by atoms with Gasteiger partial charge in [-0.15, -0.1) is 0 Å². The Morgan fingerprint density at radius 3 is 2.55 bits per heavy atom. The molecule has 0 radical (unpaired) electrons. The fourth-order valence-corrected chi connectivity index (χ4v) is 6.81. The van der Waals surface area contributed by atoms with Gasteiger partial charge in [-0.2, -0.15) is 0 Å². The molecule has 2 aliphatic carbocycles. The quantitative estimate of drug-likeness (QED) is 0.383. The number of hydrogen-bond acceptors (Lipinski definition) is 4. The molecule has 0 amide bonds. The SMILES string of the molecule is CCC(=O)C(C)C12CCN(CC3CC3)C(Cc3ccc(OC(=O)CC(C)(C)C)c(C)c31)C2C. The number of hydrogen-bond donors (Lipinski definition) is 0. The summed E-state index contributed by atoms with van der Waals surface area (Å²) in [7, 11) is 0. The predicted molar refractivity (Wildman–Crippen MR) is 133 cm³/mol. The first-order valence-corrected chi connectivity index (χ1v) is 13.1. The summed E-state index contributed by atoms with van der Waals surface area (Å²) in [5, 5.41) is 0. The van der Waals surface area contributed by atoms with Crippen LogP contribution in [0.5, 0.6) is 5.75 Å². The van der Waals surface area contributed by atoms with Crippen LogP contribution in [0.2, 0.25) is 0 Å². The highest BCUT2D eigenvalue weighted by Crippen LogP contribution is 2.55. The van der Waals surface area contributed by atoms with Crippen LogP contribution in [0.3, 0.4) is 0 Å². The van der Waals surface area contributed by atoms with E-state index in [0.717, 1.165) is 30.9 Å². The number of ketones is 1. The Labute approximate surface area is 200 Å². The lowest BCUT2D eigenvalue weighted by molar-refractivity contribution is -0.136. The van der Waals surface area contributed by atoms with Crippen molar-refractivity contribution in [2.24, 2.45) is 23.2 Å². The minimum absolute atomic E-state index is 0.0404. The summed E-state index contributed by atoms with van der Waals surface area (Å²) < 4.78 is 5.92. The van der Waals surface area contributed by atoms with Crippen LogP contribution < -0.4 is 4.74 Å². The fourth-order valence-electron chi connectivity index (χ4n) is 6.81. The molecular weight excluding hydrogens is 410 g/mol. The number of nitrogens with zero attached hydrogens (tertiary/aromatic N) is 1. The molecule has 1 saturated heterocycles. The molecule has 1 aliphatic heterocycles. The van der Waals surface area contributed by atoms with Crippen LogP contribution in [0, 0.1) is 30.1 Å². The van der Waals surface area contributed by atoms with Crippen LogP contribution >= 0.6 is 0 Å². The molecule has 1 heterocycles. The summed E-state index contributed by atoms with van der Waals surface area (Å²) in [5.74, 6) is 2.05. The standard InChI is InChI=1S/C29H43NO3/c1-8-24(31)20(4)29-13-14-30(17-21-9-10-21)23(19(29)3)15-22-11-12-25(18(2)27(22)29)33-26(32)16-28(5,6)7/h11-12,19-21,23H,8-10,13-17H2,1-7H3. The summed E-state index contributed by atoms with van der Waals surface area (Å²) in [6.45, 7) is 17.0. The molecule has 4 atom stereocenters. The molecule has 0 aromatic heterocycles. The summed E-state index contributed by atoms with van der Waals surface area (Å²) in [4.78, 5) is 28.5. The zero-order chi connectivity index (χ0) is 24.1. The molecule has 2 bridgehead atoms. The molecule has 182 valence electrons. The lowest BCUT2D eigenvalue weighted by atomic mass is 9.51. The Kier molecular flexibility index (Phi) is 6.54. The van der Waals surface area contributed by atoms with E-state index in [1.807, 2.05) is 13.0 Å². The first kappa shape index (κ1) is 24.4. The lowest BCUT2D eigenvalue weighted by Gasteiger charge is -2.58. The van der Waals surface area contributed by atoms with Gasteiger partial charge in [-0.3, -0.25) is 14.5 Å². The van der Waals surface area contributed by atoms with Gasteiger partial charge in [0.15, 0.2) is 0 Å². The van der Waals surface area contributed by atoms with Crippen LogP contribution in [0.15, 0.2) is 12.1 Å². The largest absolute Gasteiger partial charge is 0.426 e. The molecule has 0 N–H and O–H groups in total. The monoisotopic (exact) mass is 453 g/mol. The third kappa shape index (κ3) is 4.52. The smallest absolute Gasteiger partial charge is 0.311 e. The summed E-state index contributed by atoms with van der Waals surface area (Å²) >= 11 is 0. The van der Waals surface area contributed by atoms with Crippen molar-refractivity contribution in [2.45, 2.75) is 98.4 Å². The van der Waals surface area contributed by atoms with E-state index in [2.05, 4.69) is 52.5 Å². The van der Waals surface area contributed by atoms with Crippen molar-refractivity contribution in [1.82, 2.24) is 4.90 Å². The van der Waals surface area contributed by atoms with Crippen LogP contribution in [0.1, 0.15) is 90.3 Å². The number of fused-ring (bicyclic) bond motifs is 4. The highest BCUT2D eigenvalue weighted by Gasteiger charge is 2.56. The van der Waals surface area contributed by atoms with Crippen molar-refractivity contribution in [3.05, 3.63) is 28.8 Å². The molecule has 4 nitrogen and oxygen atoms in total. The minimum atomic E-state index is -0.193. The number of piperidine rings is 1. The molecule has 33 heavy (non-hydrogen) atoms. The predicted octanol–water partition coefficient (Wildman–Crippen LogP) is 5.87. The number of likely N-dealkylation sites (tertiary alicyclic amines) is 1. The molecule has 1 aromatic carbocycles. The number of rotatable bonds is 7. The van der Waals surface area contributed by atoms with Crippen molar-refractivity contribution in [3.63, 3.8) is 0 Å². The van der Waals surface area contributed by atoms with E-state index in [4.69, 9.17) is 4.74 Å². The summed E-state index contributed by atoms with van der Waals surface area (Å²) in [6.07, 6.45) is 5.71. The first-order chi connectivity index (χ1) is 15.5. The van der Waals surface area contributed by atoms with Crippen LogP contribution in [0.25, 0.3) is 0 Å². The Bertz CT molecular complexity index is 926. The molecule has 4 unspecified atom stereocenters. The van der Waals surface area contributed by atoms with Crippen LogP contribution in [-0.4, -0.2) is 35.8 Å². The van der Waals surface area contributed by atoms with Gasteiger partial charge in [0.1, 0.15) is 11.5 Å². The van der Waals surface area contributed by atoms with Gasteiger partial charge in [0, 0.05) is 30.3 Å². The number of carbonyl (C=O) groups excluding carboxylic acids is 2. The van der Waals surface area contributed by atoms with E-state index in [9.17, 15) is 9.59 Å². The minimum Gasteiger partial charge on any atom is -0.426 e. The first-order valence-electron chi connectivity index (χ1n) is 13.1. The van der Waals surface area contributed by atoms with Gasteiger partial charge in [-0.1, -0.05) is 47.6 Å². The number of Topliss-reactive ketones (excluding diaryl/α,β-unsaturated/α-hetero) is 1. The average Bonchev–Trinajstić information content (AvgIpc) is 3.54. The Hall–Kier alpha value is -1.68. The Morgan fingerprint density at radius 2 is 1.94 bits per heavy atom. The third-order valence-electron chi connectivity index (χ3n) is 8.76. The maximum atomic E-state index is 13.2. The van der Waals surface area contributed by atoms with Crippen molar-refractivity contribution < 1.29 is 14.3 Å². The van der Waals surface area contributed by atoms with E-state index >= 15 is 0 Å². The van der Waals surface area contributed by atoms with Crippen molar-refractivity contribution in [1.29, 1.82) is 0 Å². The maximum absolute atomic E-state index is 13.2. The zero-order valence-corrected chi connectivity index (χ0v) is 21.8. The number of benzene rings is 1. The maximum Gasteiger partial charge on any atom is 0.311 e. The Morgan fingerprint density at radius 1 is 1.24 bits per heavy atom. The van der Waals surface area contributed by atoms with E-state index in [1.165, 1.54) is 30.5 Å². The highest BCUT2D eigenvalue weighted by atomic mass is 16.5. The van der Waals surface area contributed by atoms with Gasteiger partial charge in [-0.25, -0.2) is 0 Å². The van der Waals surface area contributed by atoms with E-state index < -0.39 is 0 Å². The second-order valence-electron chi connectivity index (χ2n) is 12.3. The highest BCUT2D eigenvalue weighted by molar-refractivity contribution is 5.83. The zero-order valence-electron chi connectivity index (χ0n) is 21.8. The summed E-state index contributed by atoms with van der Waals surface area (Å²) in [5.41, 5.74) is 3.40. The second-order valence-corrected chi connectivity index (χ2v) is 12.3. The normalized spacial score (nSPS) is 28.2. The van der Waals surface area contributed by atoms with E-state index in [0.29, 0.717) is 36.3 Å². The van der Waals surface area contributed by atoms with Gasteiger partial charge in [0.25, 0.3) is 0 Å². The van der Waals surface area contributed by atoms with Gasteiger partial charge in [0.05, 0.1) is 6.42 Å². The molecule has 4 rings (SSSR count). The molecule has 1 aromatic rings. The Balaban J connectivity index is 1.76. The number of ether oxygens (including phenoxy) is 1. The third-order valence-corrected chi connectivity index (χ3v) is 8.76. The molecule has 3 aliphatic rings. The molecule has 0 spiro atoms. The van der Waals surface area contributed by atoms with Crippen LogP contribution in [-0.2, 0) is 21.4 Å². The van der Waals surface area contributed by atoms with Crippen molar-refractivity contribution in [2.75, 3.05) is 13.1 Å². The second kappa shape index (κ2) is 8.83. The molecular formula is C29H43NO3. The topological polar surface area (TPSA) is 46.6 Å². The van der Waals surface area contributed by atoms with Crippen LogP contribution in [0.4, 0.5) is 0 Å². The van der Waals surface area contributed by atoms with Gasteiger partial charge in [0.2, 0.25) is 0 Å². The van der Waals surface area contributed by atoms with Gasteiger partial charge >= 0.3 is 5.97 Å². The fraction of sp³-hybridized carbons (Fsp3) is 0.724. The van der Waals surface area contributed by atoms with Crippen molar-refractivity contribution >= 4 is 11.8 Å². The van der Waals surface area contributed by atoms with E-state index in [1.54, 1.807) is 0 Å². The molecule has 1 saturated carbocycles. The average molecular weight is 454 g/mol. The van der Waals surface area contributed by atoms with E-state index in [-0.39, 0.29) is 22.7 Å². The number of carbonyl (C=O) groups is 2. The van der Waals surface area contributed by atoms with Crippen molar-refractivity contribution in [3.8, 4) is 5.75 Å². The van der Waals surface area contributed by atoms with Gasteiger partial charge < -0.3 is 4.74 Å². The summed E-state index contributed by atoms with van der Waals surface area (Å²) in [6, 6.07) is 4.65. The molecule has 4 heteroatoms.